The van der Waals surface area contributed by atoms with Gasteiger partial charge in [-0.15, -0.1) is 0 Å². The van der Waals surface area contributed by atoms with Crippen molar-refractivity contribution in [3.05, 3.63) is 0 Å². The molecule has 3 saturated heterocycles. The lowest BCUT2D eigenvalue weighted by Gasteiger charge is -2.43. The second kappa shape index (κ2) is 75.3. The molecule has 2 amide bonds. The SMILES string of the molecule is CCC(=O)NC(C(=O)NCCCC(=O)CC(COCCCOCCC(=O)CCCOCCOCCOCCOC1OC(COC(C)=O)C(C)C(C)C1C)(COCCCOCCC(=O)CCCOCCOCCOCCOC1OC(COC(C)=O)C(C)C(C)C1C)COCCCOCCC(=O)CCCOCCOCCOCCOC1OC(COC(C)=O)C(C)C(C)C1C)C(C)O. The molecular formula is C94H168N2O34. The summed E-state index contributed by atoms with van der Waals surface area (Å²) in [6.45, 7) is 37.4. The number of hydrogen-bond donors (Lipinski definition) is 3. The van der Waals surface area contributed by atoms with E-state index in [1.54, 1.807) is 6.92 Å². The molecule has 0 aromatic rings. The van der Waals surface area contributed by atoms with Crippen molar-refractivity contribution >= 4 is 52.9 Å². The van der Waals surface area contributed by atoms with E-state index in [4.69, 9.17) is 114 Å². The fourth-order valence-corrected chi connectivity index (χ4v) is 14.6. The zero-order valence-corrected chi connectivity index (χ0v) is 81.2. The first-order valence-electron chi connectivity index (χ1n) is 47.8. The highest BCUT2D eigenvalue weighted by atomic mass is 16.7. The summed E-state index contributed by atoms with van der Waals surface area (Å²) in [6, 6.07) is -1.17. The summed E-state index contributed by atoms with van der Waals surface area (Å²) < 4.78 is 140. The maximum absolute atomic E-state index is 14.1. The Balaban J connectivity index is 1.43. The molecule has 3 N–H and O–H groups in total. The highest BCUT2D eigenvalue weighted by molar-refractivity contribution is 5.88. The van der Waals surface area contributed by atoms with Crippen LogP contribution in [-0.2, 0) is 157 Å². The van der Waals surface area contributed by atoms with Crippen LogP contribution in [0.15, 0.2) is 0 Å². The molecule has 3 fully saturated rings. The minimum absolute atomic E-state index is 0.00985. The largest absolute Gasteiger partial charge is 0.463 e. The minimum Gasteiger partial charge on any atom is -0.463 e. The molecule has 0 saturated carbocycles. The number of ketones is 4. The predicted octanol–water partition coefficient (Wildman–Crippen LogP) is 8.38. The van der Waals surface area contributed by atoms with Gasteiger partial charge in [-0.2, -0.15) is 0 Å². The van der Waals surface area contributed by atoms with Gasteiger partial charge in [0.1, 0.15) is 49.0 Å². The molecule has 36 nitrogen and oxygen atoms in total. The molecule has 0 spiro atoms. The molecule has 3 aliphatic rings. The first kappa shape index (κ1) is 119. The second-order valence-electron chi connectivity index (χ2n) is 34.4. The molecule has 0 bridgehead atoms. The van der Waals surface area contributed by atoms with Gasteiger partial charge in [-0.25, -0.2) is 0 Å². The van der Waals surface area contributed by atoms with E-state index in [1.165, 1.54) is 27.7 Å². The highest BCUT2D eigenvalue weighted by Crippen LogP contribution is 2.39. The third-order valence-electron chi connectivity index (χ3n) is 23.7. The number of aliphatic hydroxyl groups is 1. The van der Waals surface area contributed by atoms with Gasteiger partial charge in [0, 0.05) is 168 Å². The summed E-state index contributed by atoms with van der Waals surface area (Å²) in [7, 11) is 0. The van der Waals surface area contributed by atoms with Crippen LogP contribution < -0.4 is 10.6 Å². The van der Waals surface area contributed by atoms with Crippen molar-refractivity contribution < 1.29 is 162 Å². The third kappa shape index (κ3) is 56.6. The number of aliphatic hydroxyl groups excluding tert-OH is 1. The van der Waals surface area contributed by atoms with Crippen LogP contribution in [0.25, 0.3) is 0 Å². The summed E-state index contributed by atoms with van der Waals surface area (Å²) in [4.78, 5) is 112. The van der Waals surface area contributed by atoms with E-state index in [-0.39, 0.29) is 226 Å². The van der Waals surface area contributed by atoms with Gasteiger partial charge < -0.3 is 129 Å². The molecule has 36 heteroatoms. The number of nitrogens with one attached hydrogen (secondary N) is 2. The van der Waals surface area contributed by atoms with Crippen LogP contribution in [0.1, 0.15) is 200 Å². The Bertz CT molecular complexity index is 2710. The minimum atomic E-state index is -1.17. The molecular weight excluding hydrogens is 1700 g/mol. The lowest BCUT2D eigenvalue weighted by atomic mass is 9.79. The first-order valence-corrected chi connectivity index (χ1v) is 47.8. The summed E-state index contributed by atoms with van der Waals surface area (Å²) in [5.74, 6) is 0.0906. The van der Waals surface area contributed by atoms with Crippen molar-refractivity contribution in [3.8, 4) is 0 Å². The van der Waals surface area contributed by atoms with Crippen LogP contribution >= 0.6 is 0 Å². The fraction of sp³-hybridized carbons (Fsp3) is 0.904. The Morgan fingerprint density at radius 3 is 0.862 bits per heavy atom. The average molecular weight is 1870 g/mol. The molecule has 3 aliphatic heterocycles. The molecule has 0 aromatic carbocycles. The molecule has 0 radical (unpaired) electrons. The van der Waals surface area contributed by atoms with E-state index in [1.807, 2.05) is 0 Å². The Morgan fingerprint density at radius 2 is 0.577 bits per heavy atom. The molecule has 0 aromatic heterocycles. The smallest absolute Gasteiger partial charge is 0.302 e. The van der Waals surface area contributed by atoms with Crippen LogP contribution in [0.2, 0.25) is 0 Å². The molecule has 17 unspecified atom stereocenters. The van der Waals surface area contributed by atoms with Gasteiger partial charge in [-0.05, 0) is 87.4 Å². The standard InChI is InChI=1S/C94H168N2O34/c1-15-88(105)96-89(77(11)97)90(106)95-30-16-23-84(104)61-94(65-119-37-20-34-107-40-27-81(101)24-17-31-110-43-46-113-49-52-116-55-58-122-91-74(8)68(2)71(5)85(128-91)62-125-78(12)98,66-120-38-21-35-108-41-28-82(102)25-18-32-111-44-47-114-50-53-117-56-59-123-92-75(9)69(3)72(6)86(129-92)63-126-79(13)99)67-121-39-22-36-109-42-29-83(103)26-19-33-112-45-48-115-51-54-118-57-60-124-93-76(10)70(4)73(7)87(130-93)64-127-80(14)100/h68-77,85-87,89,91-93,97H,15-67H2,1-14H3,(H,95,106)(H,96,105). The van der Waals surface area contributed by atoms with Crippen molar-refractivity contribution in [2.45, 2.75) is 249 Å². The Hall–Kier alpha value is -4.85. The van der Waals surface area contributed by atoms with E-state index in [9.17, 15) is 48.3 Å². The number of ether oxygens (including phenoxy) is 24. The predicted molar refractivity (Wildman–Crippen MR) is 477 cm³/mol. The first-order chi connectivity index (χ1) is 62.6. The second-order valence-corrected chi connectivity index (χ2v) is 34.4. The van der Waals surface area contributed by atoms with Crippen molar-refractivity contribution in [2.75, 3.05) is 244 Å². The van der Waals surface area contributed by atoms with Crippen molar-refractivity contribution in [1.29, 1.82) is 0 Å². The maximum atomic E-state index is 14.1. The average Bonchev–Trinajstić information content (AvgIpc) is 0.828. The zero-order valence-electron chi connectivity index (χ0n) is 81.2. The fourth-order valence-electron chi connectivity index (χ4n) is 14.6. The Labute approximate surface area is 774 Å². The number of amides is 2. The van der Waals surface area contributed by atoms with Crippen molar-refractivity contribution in [2.24, 2.45) is 58.7 Å². The van der Waals surface area contributed by atoms with Crippen molar-refractivity contribution in [3.63, 3.8) is 0 Å². The number of hydrogen-bond acceptors (Lipinski definition) is 34. The quantitative estimate of drug-likeness (QED) is 0.0292. The maximum Gasteiger partial charge on any atom is 0.302 e. The number of carbonyl (C=O) groups is 9. The number of Topliss-reactive ketones (excluding diaryl/α,β-unsaturated/α-hetero) is 4. The lowest BCUT2D eigenvalue weighted by Crippen LogP contribution is -2.52. The van der Waals surface area contributed by atoms with Crippen LogP contribution in [0.4, 0.5) is 0 Å². The van der Waals surface area contributed by atoms with Gasteiger partial charge in [0.2, 0.25) is 11.8 Å². The van der Waals surface area contributed by atoms with E-state index >= 15 is 0 Å². The van der Waals surface area contributed by atoms with Crippen LogP contribution in [0.3, 0.4) is 0 Å². The summed E-state index contributed by atoms with van der Waals surface area (Å²) >= 11 is 0. The normalized spacial score (nSPS) is 23.2. The van der Waals surface area contributed by atoms with E-state index in [2.05, 4.69) is 72.9 Å². The third-order valence-corrected chi connectivity index (χ3v) is 23.7. The van der Waals surface area contributed by atoms with Gasteiger partial charge in [0.05, 0.1) is 183 Å². The molecule has 17 atom stereocenters. The van der Waals surface area contributed by atoms with Crippen molar-refractivity contribution in [1.82, 2.24) is 10.6 Å². The molecule has 130 heavy (non-hydrogen) atoms. The molecule has 3 heterocycles. The van der Waals surface area contributed by atoms with E-state index in [0.717, 1.165) is 0 Å². The van der Waals surface area contributed by atoms with Crippen LogP contribution in [0, 0.1) is 58.7 Å². The number of carbonyl (C=O) groups excluding carboxylic acids is 9. The summed E-state index contributed by atoms with van der Waals surface area (Å²) in [5, 5.41) is 15.5. The van der Waals surface area contributed by atoms with Gasteiger partial charge in [0.15, 0.2) is 18.9 Å². The van der Waals surface area contributed by atoms with Crippen LogP contribution in [-0.4, -0.2) is 352 Å². The van der Waals surface area contributed by atoms with Gasteiger partial charge in [-0.1, -0.05) is 69.2 Å². The Kier molecular flexibility index (Phi) is 69.1. The zero-order chi connectivity index (χ0) is 95.4. The number of rotatable bonds is 85. The monoisotopic (exact) mass is 1870 g/mol. The lowest BCUT2D eigenvalue weighted by molar-refractivity contribution is -0.258. The Morgan fingerprint density at radius 1 is 0.315 bits per heavy atom. The topological polar surface area (TPSA) is 419 Å². The number of esters is 3. The van der Waals surface area contributed by atoms with Gasteiger partial charge in [0.25, 0.3) is 0 Å². The summed E-state index contributed by atoms with van der Waals surface area (Å²) in [6.07, 6.45) is 2.18. The van der Waals surface area contributed by atoms with Crippen LogP contribution in [0.5, 0.6) is 0 Å². The highest BCUT2D eigenvalue weighted by Gasteiger charge is 2.43. The molecule has 758 valence electrons. The summed E-state index contributed by atoms with van der Waals surface area (Å²) in [5.41, 5.74) is -0.984. The van der Waals surface area contributed by atoms with E-state index < -0.39 is 48.2 Å². The van der Waals surface area contributed by atoms with Gasteiger partial charge >= 0.3 is 17.9 Å². The van der Waals surface area contributed by atoms with E-state index in [0.29, 0.717) is 234 Å². The van der Waals surface area contributed by atoms with Gasteiger partial charge in [-0.3, -0.25) is 43.2 Å². The molecule has 0 aliphatic carbocycles. The molecule has 3 rings (SSSR count).